The van der Waals surface area contributed by atoms with Crippen molar-refractivity contribution >= 4 is 16.6 Å². The number of aryl methyl sites for hydroxylation is 1. The van der Waals surface area contributed by atoms with Crippen molar-refractivity contribution in [2.45, 2.75) is 6.92 Å². The molecule has 3 aromatic rings. The van der Waals surface area contributed by atoms with Crippen molar-refractivity contribution in [1.29, 1.82) is 0 Å². The molecule has 0 spiro atoms. The van der Waals surface area contributed by atoms with Gasteiger partial charge >= 0.3 is 0 Å². The smallest absolute Gasteiger partial charge is 0.232 e. The van der Waals surface area contributed by atoms with Crippen LogP contribution in [0.15, 0.2) is 48.5 Å². The van der Waals surface area contributed by atoms with E-state index in [1.807, 2.05) is 12.1 Å². The summed E-state index contributed by atoms with van der Waals surface area (Å²) in [6, 6.07) is 16.6. The molecule has 1 aromatic heterocycles. The molecule has 0 aliphatic carbocycles. The second kappa shape index (κ2) is 7.43. The summed E-state index contributed by atoms with van der Waals surface area (Å²) in [5.74, 6) is 1.86. The fourth-order valence-corrected chi connectivity index (χ4v) is 3.01. The van der Waals surface area contributed by atoms with Gasteiger partial charge in [0.2, 0.25) is 5.82 Å². The zero-order valence-electron chi connectivity index (χ0n) is 14.4. The lowest BCUT2D eigenvalue weighted by molar-refractivity contribution is -0.575. The number of nitrogens with zero attached hydrogens (tertiary/aromatic N) is 1. The highest BCUT2D eigenvalue weighted by Crippen LogP contribution is 2.35. The van der Waals surface area contributed by atoms with Gasteiger partial charge in [0, 0.05) is 18.1 Å². The van der Waals surface area contributed by atoms with Crippen LogP contribution in [0.3, 0.4) is 0 Å². The van der Waals surface area contributed by atoms with Gasteiger partial charge < -0.3 is 9.47 Å². The number of fused-ring (bicyclic) bond motifs is 1. The molecule has 0 atom stereocenters. The Hall–Kier alpha value is -2.43. The predicted molar refractivity (Wildman–Crippen MR) is 96.8 cm³/mol. The Morgan fingerprint density at radius 3 is 2.50 bits per heavy atom. The van der Waals surface area contributed by atoms with E-state index in [0.717, 1.165) is 40.1 Å². The van der Waals surface area contributed by atoms with Gasteiger partial charge in [0.15, 0.2) is 0 Å². The van der Waals surface area contributed by atoms with Gasteiger partial charge in [-0.3, -0.25) is 5.32 Å². The fourth-order valence-electron chi connectivity index (χ4n) is 3.01. The lowest BCUT2D eigenvalue weighted by atomic mass is 9.97. The summed E-state index contributed by atoms with van der Waals surface area (Å²) in [6.45, 7) is 3.60. The molecular weight excluding hydrogens is 300 g/mol. The van der Waals surface area contributed by atoms with Crippen molar-refractivity contribution in [3.63, 3.8) is 0 Å². The molecule has 2 aromatic carbocycles. The van der Waals surface area contributed by atoms with E-state index in [9.17, 15) is 0 Å². The van der Waals surface area contributed by atoms with E-state index in [2.05, 4.69) is 48.6 Å². The van der Waals surface area contributed by atoms with Crippen LogP contribution < -0.4 is 10.1 Å². The number of nitrogens with two attached hydrogens (primary N) is 1. The Balaban J connectivity index is 2.20. The van der Waals surface area contributed by atoms with Crippen LogP contribution >= 0.6 is 0 Å². The normalized spacial score (nSPS) is 11.0. The largest absolute Gasteiger partial charge is 0.497 e. The molecule has 0 saturated heterocycles. The molecule has 2 N–H and O–H groups in total. The average molecular weight is 323 g/mol. The molecule has 124 valence electrons. The molecule has 0 amide bonds. The molecule has 4 heteroatoms. The van der Waals surface area contributed by atoms with E-state index in [0.29, 0.717) is 6.61 Å². The minimum atomic E-state index is 0.693. The first-order valence-corrected chi connectivity index (χ1v) is 8.10. The second-order valence-corrected chi connectivity index (χ2v) is 5.72. The summed E-state index contributed by atoms with van der Waals surface area (Å²) in [6.07, 6.45) is 0. The maximum absolute atomic E-state index is 5.44. The van der Waals surface area contributed by atoms with Gasteiger partial charge in [-0.15, -0.1) is 0 Å². The van der Waals surface area contributed by atoms with Gasteiger partial charge in [0.05, 0.1) is 24.8 Å². The second-order valence-electron chi connectivity index (χ2n) is 5.72. The summed E-state index contributed by atoms with van der Waals surface area (Å²) >= 11 is 0. The summed E-state index contributed by atoms with van der Waals surface area (Å²) < 4.78 is 10.6. The molecule has 4 nitrogen and oxygen atoms in total. The van der Waals surface area contributed by atoms with E-state index in [-0.39, 0.29) is 0 Å². The van der Waals surface area contributed by atoms with Crippen molar-refractivity contribution in [1.82, 2.24) is 4.98 Å². The highest BCUT2D eigenvalue weighted by molar-refractivity contribution is 6.01. The Morgan fingerprint density at radius 2 is 1.79 bits per heavy atom. The Kier molecular flexibility index (Phi) is 5.08. The lowest BCUT2D eigenvalue weighted by Crippen LogP contribution is -2.79. The molecule has 24 heavy (non-hydrogen) atoms. The number of benzene rings is 2. The summed E-state index contributed by atoms with van der Waals surface area (Å²) in [5, 5.41) is 4.44. The maximum atomic E-state index is 5.44. The number of aromatic nitrogens is 1. The maximum Gasteiger partial charge on any atom is 0.232 e. The molecular formula is C20H23N2O2+. The van der Waals surface area contributed by atoms with Crippen LogP contribution in [0.4, 0.5) is 5.82 Å². The first kappa shape index (κ1) is 16.4. The highest BCUT2D eigenvalue weighted by atomic mass is 16.5. The minimum absolute atomic E-state index is 0.693. The van der Waals surface area contributed by atoms with Gasteiger partial charge in [0.1, 0.15) is 12.3 Å². The molecule has 0 aliphatic rings. The highest BCUT2D eigenvalue weighted by Gasteiger charge is 2.16. The van der Waals surface area contributed by atoms with Gasteiger partial charge in [-0.2, -0.15) is 0 Å². The number of pyridine rings is 1. The molecule has 0 aliphatic heterocycles. The Morgan fingerprint density at radius 1 is 1.00 bits per heavy atom. The van der Waals surface area contributed by atoms with Crippen LogP contribution in [-0.2, 0) is 4.74 Å². The van der Waals surface area contributed by atoms with Crippen molar-refractivity contribution in [3.8, 4) is 16.9 Å². The SMILES string of the molecule is COCC[NH2+]c1nc(C)c(-c2ccccc2)c2cc(OC)ccc12. The molecule has 0 bridgehead atoms. The van der Waals surface area contributed by atoms with Crippen LogP contribution in [0.2, 0.25) is 0 Å². The summed E-state index contributed by atoms with van der Waals surface area (Å²) in [5.41, 5.74) is 3.35. The van der Waals surface area contributed by atoms with E-state index in [1.165, 1.54) is 5.56 Å². The number of hydrogen-bond acceptors (Lipinski definition) is 3. The van der Waals surface area contributed by atoms with Crippen molar-refractivity contribution in [2.75, 3.05) is 27.4 Å². The third-order valence-electron chi connectivity index (χ3n) is 4.14. The number of rotatable bonds is 6. The van der Waals surface area contributed by atoms with E-state index in [4.69, 9.17) is 14.5 Å². The van der Waals surface area contributed by atoms with E-state index >= 15 is 0 Å². The van der Waals surface area contributed by atoms with Crippen LogP contribution in [0.25, 0.3) is 21.9 Å². The standard InChI is InChI=1S/C20H22N2O2/c1-14-19(15-7-5-4-6-8-15)18-13-16(24-3)9-10-17(18)20(22-14)21-11-12-23-2/h4-10,13H,11-12H2,1-3H3,(H,21,22)/p+1. The van der Waals surface area contributed by atoms with Gasteiger partial charge in [-0.1, -0.05) is 30.3 Å². The topological polar surface area (TPSA) is 48.0 Å². The minimum Gasteiger partial charge on any atom is -0.497 e. The van der Waals surface area contributed by atoms with Gasteiger partial charge in [0.25, 0.3) is 0 Å². The lowest BCUT2D eigenvalue weighted by Gasteiger charge is -2.13. The van der Waals surface area contributed by atoms with Crippen LogP contribution in [-0.4, -0.2) is 32.4 Å². The fraction of sp³-hybridized carbons (Fsp3) is 0.250. The first-order valence-electron chi connectivity index (χ1n) is 8.10. The zero-order valence-corrected chi connectivity index (χ0v) is 14.4. The number of quaternary nitrogens is 1. The third-order valence-corrected chi connectivity index (χ3v) is 4.14. The summed E-state index contributed by atoms with van der Waals surface area (Å²) in [4.78, 5) is 4.85. The van der Waals surface area contributed by atoms with Crippen molar-refractivity contribution < 1.29 is 14.8 Å². The summed E-state index contributed by atoms with van der Waals surface area (Å²) in [7, 11) is 3.41. The first-order chi connectivity index (χ1) is 11.7. The molecule has 1 heterocycles. The molecule has 0 saturated carbocycles. The predicted octanol–water partition coefficient (Wildman–Crippen LogP) is 3.06. The molecule has 0 fully saturated rings. The van der Waals surface area contributed by atoms with Crippen LogP contribution in [0.1, 0.15) is 5.69 Å². The Labute approximate surface area is 142 Å². The van der Waals surface area contributed by atoms with Crippen LogP contribution in [0.5, 0.6) is 5.75 Å². The van der Waals surface area contributed by atoms with E-state index < -0.39 is 0 Å². The molecule has 3 rings (SSSR count). The van der Waals surface area contributed by atoms with Crippen molar-refractivity contribution in [3.05, 3.63) is 54.2 Å². The number of methoxy groups -OCH3 is 2. The van der Waals surface area contributed by atoms with E-state index in [1.54, 1.807) is 14.2 Å². The molecule has 0 radical (unpaired) electrons. The average Bonchev–Trinajstić information content (AvgIpc) is 2.62. The van der Waals surface area contributed by atoms with Crippen molar-refractivity contribution in [2.24, 2.45) is 0 Å². The zero-order chi connectivity index (χ0) is 16.9. The van der Waals surface area contributed by atoms with Gasteiger partial charge in [-0.25, -0.2) is 4.98 Å². The third kappa shape index (κ3) is 3.25. The van der Waals surface area contributed by atoms with Crippen LogP contribution in [0, 0.1) is 6.92 Å². The number of hydrogen-bond donors (Lipinski definition) is 1. The molecule has 0 unspecified atom stereocenters. The monoisotopic (exact) mass is 323 g/mol. The number of ether oxygens (including phenoxy) is 2. The quantitative estimate of drug-likeness (QED) is 0.709. The van der Waals surface area contributed by atoms with Gasteiger partial charge in [-0.05, 0) is 30.7 Å². The Bertz CT molecular complexity index is 832.